The molecule has 1 aliphatic carbocycles. The van der Waals surface area contributed by atoms with Gasteiger partial charge in [0.05, 0.1) is 32.6 Å². The number of Topliss-reactive ketones (excluding diaryl/α,β-unsaturated/α-hetero) is 2. The molecular weight excluding hydrogens is 575 g/mol. The number of carbonyl (C=O) groups is 3. The Morgan fingerprint density at radius 1 is 1.07 bits per heavy atom. The number of phosphoric ester groups is 1. The Kier molecular flexibility index (Phi) is 10.2. The summed E-state index contributed by atoms with van der Waals surface area (Å²) in [7, 11) is -1.54. The maximum Gasteiger partial charge on any atom is 0.472 e. The van der Waals surface area contributed by atoms with E-state index in [0.717, 1.165) is 0 Å². The van der Waals surface area contributed by atoms with Crippen molar-refractivity contribution in [3.8, 4) is 11.6 Å². The monoisotopic (exact) mass is 614 g/mol. The third kappa shape index (κ3) is 7.97. The number of benzene rings is 1. The number of fused-ring (bicyclic) bond motifs is 1. The van der Waals surface area contributed by atoms with Gasteiger partial charge in [-0.2, -0.15) is 0 Å². The SMILES string of the molecule is COc1cnc(OC)c2c1C(C(=O)C(=O)CC1CCN(C(=O)c3ccccc3)CC1)=CCC2COP(=O)(O)OC(C)(C)C. The smallest absolute Gasteiger partial charge is 0.472 e. The molecule has 1 aliphatic heterocycles. The molecule has 1 aromatic heterocycles. The number of likely N-dealkylation sites (tertiary alicyclic amines) is 1. The highest BCUT2D eigenvalue weighted by atomic mass is 31.2. The topological polar surface area (TPSA) is 142 Å². The first-order valence-electron chi connectivity index (χ1n) is 14.2. The fraction of sp³-hybridized carbons (Fsp3) is 0.484. The van der Waals surface area contributed by atoms with Crippen molar-refractivity contribution in [1.29, 1.82) is 0 Å². The summed E-state index contributed by atoms with van der Waals surface area (Å²) in [6, 6.07) is 9.07. The molecule has 1 amide bonds. The number of hydrogen-bond donors (Lipinski definition) is 1. The van der Waals surface area contributed by atoms with Gasteiger partial charge in [0.15, 0.2) is 0 Å². The Morgan fingerprint density at radius 2 is 1.74 bits per heavy atom. The van der Waals surface area contributed by atoms with Gasteiger partial charge < -0.3 is 19.3 Å². The van der Waals surface area contributed by atoms with Crippen LogP contribution >= 0.6 is 7.82 Å². The average molecular weight is 615 g/mol. The molecule has 1 N–H and O–H groups in total. The lowest BCUT2D eigenvalue weighted by Gasteiger charge is -2.32. The van der Waals surface area contributed by atoms with E-state index in [1.54, 1.807) is 43.9 Å². The van der Waals surface area contributed by atoms with Gasteiger partial charge >= 0.3 is 7.82 Å². The molecule has 4 rings (SSSR count). The first kappa shape index (κ1) is 32.5. The summed E-state index contributed by atoms with van der Waals surface area (Å²) in [6.45, 7) is 5.71. The van der Waals surface area contributed by atoms with Gasteiger partial charge in [-0.25, -0.2) is 9.55 Å². The van der Waals surface area contributed by atoms with E-state index in [0.29, 0.717) is 42.6 Å². The highest BCUT2D eigenvalue weighted by molar-refractivity contribution is 7.47. The third-order valence-corrected chi connectivity index (χ3v) is 8.72. The molecule has 2 aromatic rings. The first-order chi connectivity index (χ1) is 20.3. The molecule has 43 heavy (non-hydrogen) atoms. The van der Waals surface area contributed by atoms with Crippen molar-refractivity contribution >= 4 is 30.9 Å². The molecule has 0 radical (unpaired) electrons. The number of hydrogen-bond acceptors (Lipinski definition) is 9. The van der Waals surface area contributed by atoms with E-state index in [4.69, 9.17) is 18.5 Å². The van der Waals surface area contributed by atoms with Crippen molar-refractivity contribution in [3.05, 3.63) is 59.3 Å². The molecule has 0 saturated carbocycles. The third-order valence-electron chi connectivity index (χ3n) is 7.47. The van der Waals surface area contributed by atoms with Crippen LogP contribution < -0.4 is 9.47 Å². The highest BCUT2D eigenvalue weighted by Gasteiger charge is 2.37. The van der Waals surface area contributed by atoms with Crippen molar-refractivity contribution in [2.45, 2.75) is 58.0 Å². The fourth-order valence-corrected chi connectivity index (χ4v) is 6.58. The van der Waals surface area contributed by atoms with Crippen LogP contribution in [0.2, 0.25) is 0 Å². The highest BCUT2D eigenvalue weighted by Crippen LogP contribution is 2.50. The predicted octanol–water partition coefficient (Wildman–Crippen LogP) is 4.98. The molecule has 0 bridgehead atoms. The number of amides is 1. The minimum absolute atomic E-state index is 0.0310. The second kappa shape index (κ2) is 13.5. The summed E-state index contributed by atoms with van der Waals surface area (Å²) in [5.41, 5.74) is 0.680. The Balaban J connectivity index is 1.48. The Hall–Kier alpha value is -3.37. The molecule has 1 saturated heterocycles. The minimum Gasteiger partial charge on any atom is -0.494 e. The van der Waals surface area contributed by atoms with Crippen molar-refractivity contribution in [1.82, 2.24) is 9.88 Å². The van der Waals surface area contributed by atoms with Crippen LogP contribution in [0.5, 0.6) is 11.6 Å². The molecule has 11 nitrogen and oxygen atoms in total. The number of ketones is 2. The maximum atomic E-state index is 13.6. The number of pyridine rings is 1. The van der Waals surface area contributed by atoms with Crippen LogP contribution in [0.15, 0.2) is 42.6 Å². The van der Waals surface area contributed by atoms with E-state index >= 15 is 0 Å². The molecule has 2 heterocycles. The largest absolute Gasteiger partial charge is 0.494 e. The Labute approximate surface area is 251 Å². The first-order valence-corrected chi connectivity index (χ1v) is 15.7. The molecular formula is C31H39N2O9P. The molecule has 232 valence electrons. The van der Waals surface area contributed by atoms with Crippen molar-refractivity contribution < 1.29 is 42.4 Å². The zero-order valence-electron chi connectivity index (χ0n) is 25.2. The molecule has 1 aromatic carbocycles. The predicted molar refractivity (Wildman–Crippen MR) is 159 cm³/mol. The van der Waals surface area contributed by atoms with Crippen LogP contribution in [-0.2, 0) is 23.2 Å². The number of ether oxygens (including phenoxy) is 2. The van der Waals surface area contributed by atoms with E-state index in [9.17, 15) is 23.8 Å². The van der Waals surface area contributed by atoms with Crippen LogP contribution in [0.1, 0.15) is 73.9 Å². The Bertz CT molecular complexity index is 1430. The molecule has 2 atom stereocenters. The summed E-state index contributed by atoms with van der Waals surface area (Å²) >= 11 is 0. The van der Waals surface area contributed by atoms with Crippen molar-refractivity contribution in [3.63, 3.8) is 0 Å². The number of aromatic nitrogens is 1. The number of carbonyl (C=O) groups excluding carboxylic acids is 3. The van der Waals surface area contributed by atoms with Gasteiger partial charge in [-0.1, -0.05) is 24.3 Å². The van der Waals surface area contributed by atoms with Crippen LogP contribution in [0, 0.1) is 5.92 Å². The molecule has 0 spiro atoms. The molecule has 1 fully saturated rings. The fourth-order valence-electron chi connectivity index (χ4n) is 5.47. The second-order valence-electron chi connectivity index (χ2n) is 11.7. The summed E-state index contributed by atoms with van der Waals surface area (Å²) in [5, 5.41) is 0. The van der Waals surface area contributed by atoms with E-state index < -0.39 is 30.9 Å². The summed E-state index contributed by atoms with van der Waals surface area (Å²) in [4.78, 5) is 56.0. The van der Waals surface area contributed by atoms with Crippen molar-refractivity contribution in [2.75, 3.05) is 33.9 Å². The number of nitrogens with zero attached hydrogens (tertiary/aromatic N) is 2. The lowest BCUT2D eigenvalue weighted by atomic mass is 9.80. The van der Waals surface area contributed by atoms with Gasteiger partial charge in [0.25, 0.3) is 5.91 Å². The quantitative estimate of drug-likeness (QED) is 0.272. The lowest BCUT2D eigenvalue weighted by Crippen LogP contribution is -2.39. The van der Waals surface area contributed by atoms with Gasteiger partial charge in [0, 0.05) is 47.7 Å². The van der Waals surface area contributed by atoms with E-state index in [1.807, 2.05) is 18.2 Å². The van der Waals surface area contributed by atoms with Crippen LogP contribution in [-0.4, -0.2) is 71.8 Å². The van der Waals surface area contributed by atoms with Gasteiger partial charge in [-0.15, -0.1) is 0 Å². The normalized spacial score (nSPS) is 18.7. The minimum atomic E-state index is -4.39. The number of phosphoric acid groups is 1. The number of rotatable bonds is 11. The molecule has 2 aliphatic rings. The Morgan fingerprint density at radius 3 is 2.35 bits per heavy atom. The van der Waals surface area contributed by atoms with E-state index in [2.05, 4.69) is 4.98 Å². The molecule has 12 heteroatoms. The summed E-state index contributed by atoms with van der Waals surface area (Å²) < 4.78 is 34.1. The second-order valence-corrected chi connectivity index (χ2v) is 13.1. The number of methoxy groups -OCH3 is 2. The summed E-state index contributed by atoms with van der Waals surface area (Å²) in [6.07, 6.45) is 4.56. The zero-order valence-corrected chi connectivity index (χ0v) is 26.1. The van der Waals surface area contributed by atoms with Crippen LogP contribution in [0.3, 0.4) is 0 Å². The van der Waals surface area contributed by atoms with E-state index in [-0.39, 0.29) is 48.5 Å². The molecule has 2 unspecified atom stereocenters. The number of allylic oxidation sites excluding steroid dienone is 2. The van der Waals surface area contributed by atoms with E-state index in [1.165, 1.54) is 20.4 Å². The summed E-state index contributed by atoms with van der Waals surface area (Å²) in [5.74, 6) is -1.34. The average Bonchev–Trinajstić information content (AvgIpc) is 2.98. The lowest BCUT2D eigenvalue weighted by molar-refractivity contribution is -0.134. The van der Waals surface area contributed by atoms with Crippen LogP contribution in [0.4, 0.5) is 0 Å². The number of piperidine rings is 1. The van der Waals surface area contributed by atoms with Gasteiger partial charge in [-0.05, 0) is 58.1 Å². The van der Waals surface area contributed by atoms with Crippen LogP contribution in [0.25, 0.3) is 5.57 Å². The zero-order chi connectivity index (χ0) is 31.4. The van der Waals surface area contributed by atoms with Crippen molar-refractivity contribution in [2.24, 2.45) is 5.92 Å². The van der Waals surface area contributed by atoms with Gasteiger partial charge in [-0.3, -0.25) is 23.4 Å². The van der Waals surface area contributed by atoms with Gasteiger partial charge in [0.2, 0.25) is 17.4 Å². The van der Waals surface area contributed by atoms with Gasteiger partial charge in [0.1, 0.15) is 5.75 Å². The maximum absolute atomic E-state index is 13.6. The standard InChI is InChI=1S/C31H39N2O9P/c1-31(2,3)42-43(37,38)41-19-22-11-12-23(27-25(39-4)18-32-29(40-5)26(22)27)28(35)24(34)17-20-13-15-33(16-14-20)30(36)21-9-7-6-8-10-21/h6-10,12,18,20,22H,11,13-17,19H2,1-5H3,(H,37,38).